The molecule has 3 rings (SSSR count). The minimum absolute atomic E-state index is 0.125. The molecule has 0 saturated heterocycles. The molecule has 2 aliphatic rings. The first-order valence-electron chi connectivity index (χ1n) is 8.25. The summed E-state index contributed by atoms with van der Waals surface area (Å²) in [7, 11) is 3.31. The molecule has 0 aromatic heterocycles. The van der Waals surface area contributed by atoms with Crippen molar-refractivity contribution in [3.05, 3.63) is 40.1 Å². The first-order valence-corrected chi connectivity index (χ1v) is 8.66. The van der Waals surface area contributed by atoms with Crippen LogP contribution in [0.4, 0.5) is 0 Å². The fourth-order valence-corrected chi connectivity index (χ4v) is 3.82. The van der Waals surface area contributed by atoms with Crippen LogP contribution in [-0.4, -0.2) is 25.2 Å². The molecule has 1 aromatic rings. The molecule has 5 nitrogen and oxygen atoms in total. The van der Waals surface area contributed by atoms with Crippen LogP contribution in [-0.2, 0) is 17.6 Å². The number of allylic oxidation sites excluding steroid dienone is 1. The molecule has 1 amide bonds. The number of aryl methyl sites for hydroxylation is 2. The largest absolute Gasteiger partial charge is 0.496 e. The van der Waals surface area contributed by atoms with Crippen LogP contribution in [0.1, 0.15) is 42.5 Å². The Labute approximate surface area is 147 Å². The van der Waals surface area contributed by atoms with Crippen molar-refractivity contribution >= 4 is 23.2 Å². The SMILES string of the molecule is CNC(=O)C1=C(C)NC(=S)NC1c1cc2c(cc1OC)CCCC2. The van der Waals surface area contributed by atoms with Crippen LogP contribution in [0.5, 0.6) is 5.75 Å². The number of hydrogen-bond acceptors (Lipinski definition) is 3. The Bertz CT molecular complexity index is 727. The van der Waals surface area contributed by atoms with Gasteiger partial charge in [-0.1, -0.05) is 0 Å². The Kier molecular flexibility index (Phi) is 4.76. The number of rotatable bonds is 3. The average Bonchev–Trinajstić information content (AvgIpc) is 2.59. The van der Waals surface area contributed by atoms with E-state index in [4.69, 9.17) is 17.0 Å². The van der Waals surface area contributed by atoms with Crippen molar-refractivity contribution in [2.45, 2.75) is 38.6 Å². The number of ether oxygens (including phenoxy) is 1. The lowest BCUT2D eigenvalue weighted by Gasteiger charge is -2.32. The zero-order valence-corrected chi connectivity index (χ0v) is 15.1. The normalized spacial score (nSPS) is 20.0. The van der Waals surface area contributed by atoms with Crippen molar-refractivity contribution in [2.24, 2.45) is 0 Å². The van der Waals surface area contributed by atoms with Gasteiger partial charge in [0.15, 0.2) is 5.11 Å². The van der Waals surface area contributed by atoms with Crippen molar-refractivity contribution in [3.63, 3.8) is 0 Å². The molecule has 0 spiro atoms. The van der Waals surface area contributed by atoms with Crippen LogP contribution in [0.2, 0.25) is 0 Å². The molecule has 1 atom stereocenters. The van der Waals surface area contributed by atoms with Crippen LogP contribution in [0.15, 0.2) is 23.4 Å². The standard InChI is InChI=1S/C18H23N3O2S/c1-10-15(17(22)19-2)16(21-18(24)20-10)13-8-11-6-4-5-7-12(11)9-14(13)23-3/h8-9,16H,4-7H2,1-3H3,(H,19,22)(H2,20,21,24). The van der Waals surface area contributed by atoms with Gasteiger partial charge in [-0.2, -0.15) is 0 Å². The molecule has 6 heteroatoms. The summed E-state index contributed by atoms with van der Waals surface area (Å²) in [5.74, 6) is 0.673. The van der Waals surface area contributed by atoms with Crippen LogP contribution in [0.3, 0.4) is 0 Å². The number of methoxy groups -OCH3 is 1. The summed E-state index contributed by atoms with van der Waals surface area (Å²) in [4.78, 5) is 12.4. The maximum atomic E-state index is 12.4. The van der Waals surface area contributed by atoms with Crippen LogP contribution >= 0.6 is 12.2 Å². The van der Waals surface area contributed by atoms with Crippen molar-refractivity contribution in [1.29, 1.82) is 0 Å². The highest BCUT2D eigenvalue weighted by molar-refractivity contribution is 7.80. The lowest BCUT2D eigenvalue weighted by Crippen LogP contribution is -2.46. The molecule has 24 heavy (non-hydrogen) atoms. The summed E-state index contributed by atoms with van der Waals surface area (Å²) in [6.45, 7) is 1.87. The summed E-state index contributed by atoms with van der Waals surface area (Å²) in [6.07, 6.45) is 4.57. The van der Waals surface area contributed by atoms with Crippen molar-refractivity contribution in [3.8, 4) is 5.75 Å². The number of benzene rings is 1. The Morgan fingerprint density at radius 1 is 1.29 bits per heavy atom. The summed E-state index contributed by atoms with van der Waals surface area (Å²) in [5.41, 5.74) is 5.06. The summed E-state index contributed by atoms with van der Waals surface area (Å²) >= 11 is 5.31. The van der Waals surface area contributed by atoms with E-state index in [0.717, 1.165) is 29.9 Å². The molecule has 1 aromatic carbocycles. The molecule has 0 fully saturated rings. The first-order chi connectivity index (χ1) is 11.5. The second-order valence-electron chi connectivity index (χ2n) is 6.22. The van der Waals surface area contributed by atoms with Crippen molar-refractivity contribution in [1.82, 2.24) is 16.0 Å². The Morgan fingerprint density at radius 3 is 2.58 bits per heavy atom. The number of carbonyl (C=O) groups excluding carboxylic acids is 1. The molecule has 1 aliphatic heterocycles. The maximum absolute atomic E-state index is 12.4. The Morgan fingerprint density at radius 2 is 1.96 bits per heavy atom. The first kappa shape index (κ1) is 16.8. The monoisotopic (exact) mass is 345 g/mol. The third-order valence-electron chi connectivity index (χ3n) is 4.75. The van der Waals surface area contributed by atoms with Gasteiger partial charge in [-0.3, -0.25) is 4.79 Å². The Balaban J connectivity index is 2.13. The van der Waals surface area contributed by atoms with E-state index in [2.05, 4.69) is 28.1 Å². The number of carbonyl (C=O) groups is 1. The van der Waals surface area contributed by atoms with Crippen molar-refractivity contribution < 1.29 is 9.53 Å². The van der Waals surface area contributed by atoms with Gasteiger partial charge in [0.1, 0.15) is 5.75 Å². The Hall–Kier alpha value is -2.08. The maximum Gasteiger partial charge on any atom is 0.251 e. The molecule has 0 radical (unpaired) electrons. The predicted molar refractivity (Wildman–Crippen MR) is 98.0 cm³/mol. The lowest BCUT2D eigenvalue weighted by atomic mass is 9.86. The smallest absolute Gasteiger partial charge is 0.251 e. The fraction of sp³-hybridized carbons (Fsp3) is 0.444. The van der Waals surface area contributed by atoms with E-state index in [1.165, 1.54) is 24.0 Å². The van der Waals surface area contributed by atoms with Gasteiger partial charge in [-0.15, -0.1) is 0 Å². The van der Waals surface area contributed by atoms with Gasteiger partial charge >= 0.3 is 0 Å². The van der Waals surface area contributed by atoms with Crippen LogP contribution in [0.25, 0.3) is 0 Å². The van der Waals surface area contributed by atoms with E-state index < -0.39 is 0 Å². The molecule has 1 heterocycles. The van der Waals surface area contributed by atoms with Gasteiger partial charge in [-0.05, 0) is 68.1 Å². The molecule has 1 unspecified atom stereocenters. The molecule has 128 valence electrons. The summed E-state index contributed by atoms with van der Waals surface area (Å²) < 4.78 is 5.64. The van der Waals surface area contributed by atoms with Gasteiger partial charge in [0.25, 0.3) is 5.91 Å². The molecule has 1 aliphatic carbocycles. The average molecular weight is 345 g/mol. The number of thiocarbonyl (C=S) groups is 1. The second-order valence-corrected chi connectivity index (χ2v) is 6.63. The molecule has 0 saturated carbocycles. The highest BCUT2D eigenvalue weighted by Crippen LogP contribution is 2.37. The highest BCUT2D eigenvalue weighted by atomic mass is 32.1. The van der Waals surface area contributed by atoms with Crippen LogP contribution < -0.4 is 20.7 Å². The van der Waals surface area contributed by atoms with Gasteiger partial charge in [0.2, 0.25) is 0 Å². The second kappa shape index (κ2) is 6.81. The quantitative estimate of drug-likeness (QED) is 0.733. The number of hydrogen-bond donors (Lipinski definition) is 3. The van der Waals surface area contributed by atoms with Crippen molar-refractivity contribution in [2.75, 3.05) is 14.2 Å². The number of likely N-dealkylation sites (N-methyl/N-ethyl adjacent to an activating group) is 1. The zero-order chi connectivity index (χ0) is 17.3. The van der Waals surface area contributed by atoms with Gasteiger partial charge in [0, 0.05) is 18.3 Å². The number of amides is 1. The number of fused-ring (bicyclic) bond motifs is 1. The van der Waals surface area contributed by atoms with E-state index in [0.29, 0.717) is 10.7 Å². The van der Waals surface area contributed by atoms with Gasteiger partial charge < -0.3 is 20.7 Å². The van der Waals surface area contributed by atoms with E-state index in [-0.39, 0.29) is 11.9 Å². The van der Waals surface area contributed by atoms with E-state index >= 15 is 0 Å². The van der Waals surface area contributed by atoms with Gasteiger partial charge in [-0.25, -0.2) is 0 Å². The zero-order valence-electron chi connectivity index (χ0n) is 14.3. The topological polar surface area (TPSA) is 62.4 Å². The molecular weight excluding hydrogens is 322 g/mol. The third kappa shape index (κ3) is 2.98. The lowest BCUT2D eigenvalue weighted by molar-refractivity contribution is -0.117. The van der Waals surface area contributed by atoms with E-state index in [9.17, 15) is 4.79 Å². The van der Waals surface area contributed by atoms with E-state index in [1.807, 2.05) is 6.92 Å². The fourth-order valence-electron chi connectivity index (χ4n) is 3.55. The number of nitrogens with one attached hydrogen (secondary N) is 3. The third-order valence-corrected chi connectivity index (χ3v) is 4.97. The summed E-state index contributed by atoms with van der Waals surface area (Å²) in [6, 6.07) is 3.98. The minimum Gasteiger partial charge on any atom is -0.496 e. The highest BCUT2D eigenvalue weighted by Gasteiger charge is 2.32. The predicted octanol–water partition coefficient (Wildman–Crippen LogP) is 2.11. The summed E-state index contributed by atoms with van der Waals surface area (Å²) in [5, 5.41) is 9.51. The van der Waals surface area contributed by atoms with E-state index in [1.54, 1.807) is 14.2 Å². The minimum atomic E-state index is -0.319. The molecule has 0 bridgehead atoms. The van der Waals surface area contributed by atoms with Gasteiger partial charge in [0.05, 0.1) is 18.7 Å². The molecular formula is C18H23N3O2S. The molecule has 3 N–H and O–H groups in total. The van der Waals surface area contributed by atoms with Crippen LogP contribution in [0, 0.1) is 0 Å².